The van der Waals surface area contributed by atoms with Crippen LogP contribution in [0.25, 0.3) is 11.0 Å². The summed E-state index contributed by atoms with van der Waals surface area (Å²) < 4.78 is 5.42. The molecule has 1 atom stereocenters. The number of hydrogen-bond donors (Lipinski definition) is 2. The number of aryl methyl sites for hydroxylation is 1. The fraction of sp³-hybridized carbons (Fsp3) is 0.421. The van der Waals surface area contributed by atoms with Crippen LogP contribution in [0.15, 0.2) is 28.8 Å². The zero-order valence-electron chi connectivity index (χ0n) is 14.3. The molecule has 1 aromatic carbocycles. The standard InChI is InChI=1S/C19H22N4O2/c1-2-13(18-20-14-9-6-7-10-15(14)21-18)22-19(24)17-12-8-4-3-5-11-16(12)25-23-17/h6-7,9-10,13H,2-5,8,11H2,1H3,(H,20,21)(H,22,24). The topological polar surface area (TPSA) is 83.8 Å². The molecule has 0 saturated carbocycles. The summed E-state index contributed by atoms with van der Waals surface area (Å²) in [4.78, 5) is 20.7. The number of amides is 1. The molecule has 0 aliphatic heterocycles. The normalized spacial score (nSPS) is 15.6. The first kappa shape index (κ1) is 15.9. The second-order valence-electron chi connectivity index (χ2n) is 6.57. The van der Waals surface area contributed by atoms with E-state index in [-0.39, 0.29) is 11.9 Å². The lowest BCUT2D eigenvalue weighted by Crippen LogP contribution is -2.30. The molecule has 25 heavy (non-hydrogen) atoms. The van der Waals surface area contributed by atoms with Crippen LogP contribution < -0.4 is 5.32 Å². The van der Waals surface area contributed by atoms with Crippen molar-refractivity contribution in [1.82, 2.24) is 20.4 Å². The van der Waals surface area contributed by atoms with E-state index in [2.05, 4.69) is 20.4 Å². The molecule has 6 heteroatoms. The largest absolute Gasteiger partial charge is 0.360 e. The number of nitrogens with zero attached hydrogens (tertiary/aromatic N) is 2. The summed E-state index contributed by atoms with van der Waals surface area (Å²) in [6.45, 7) is 2.03. The van der Waals surface area contributed by atoms with Crippen LogP contribution in [0, 0.1) is 0 Å². The quantitative estimate of drug-likeness (QED) is 0.711. The van der Waals surface area contributed by atoms with Crippen LogP contribution in [0.1, 0.15) is 66.3 Å². The molecule has 1 aliphatic carbocycles. The number of aromatic amines is 1. The maximum Gasteiger partial charge on any atom is 0.274 e. The lowest BCUT2D eigenvalue weighted by Gasteiger charge is -2.14. The lowest BCUT2D eigenvalue weighted by molar-refractivity contribution is 0.0923. The number of hydrogen-bond acceptors (Lipinski definition) is 4. The number of nitrogens with one attached hydrogen (secondary N) is 2. The van der Waals surface area contributed by atoms with Gasteiger partial charge < -0.3 is 14.8 Å². The van der Waals surface area contributed by atoms with Gasteiger partial charge in [0.25, 0.3) is 5.91 Å². The number of H-pyrrole nitrogens is 1. The van der Waals surface area contributed by atoms with Gasteiger partial charge in [-0.1, -0.05) is 30.6 Å². The van der Waals surface area contributed by atoms with Gasteiger partial charge in [-0.25, -0.2) is 4.98 Å². The van der Waals surface area contributed by atoms with Gasteiger partial charge in [-0.2, -0.15) is 0 Å². The molecule has 0 radical (unpaired) electrons. The van der Waals surface area contributed by atoms with E-state index in [4.69, 9.17) is 4.52 Å². The highest BCUT2D eigenvalue weighted by molar-refractivity contribution is 5.94. The van der Waals surface area contributed by atoms with Gasteiger partial charge in [-0.15, -0.1) is 0 Å². The third kappa shape index (κ3) is 3.04. The predicted molar refractivity (Wildman–Crippen MR) is 94.4 cm³/mol. The Bertz CT molecular complexity index is 863. The van der Waals surface area contributed by atoms with Crippen molar-refractivity contribution in [2.75, 3.05) is 0 Å². The van der Waals surface area contributed by atoms with Crippen LogP contribution in [0.4, 0.5) is 0 Å². The van der Waals surface area contributed by atoms with Gasteiger partial charge in [0, 0.05) is 12.0 Å². The number of rotatable bonds is 4. The predicted octanol–water partition coefficient (Wildman–Crippen LogP) is 3.70. The van der Waals surface area contributed by atoms with Gasteiger partial charge in [-0.3, -0.25) is 4.79 Å². The molecule has 6 nitrogen and oxygen atoms in total. The lowest BCUT2D eigenvalue weighted by atomic mass is 10.1. The first-order chi connectivity index (χ1) is 12.3. The minimum Gasteiger partial charge on any atom is -0.360 e. The zero-order chi connectivity index (χ0) is 17.2. The van der Waals surface area contributed by atoms with Gasteiger partial charge in [0.1, 0.15) is 11.6 Å². The van der Waals surface area contributed by atoms with E-state index in [0.29, 0.717) is 5.69 Å². The molecule has 1 amide bonds. The van der Waals surface area contributed by atoms with Crippen molar-refractivity contribution in [3.8, 4) is 0 Å². The Morgan fingerprint density at radius 1 is 1.28 bits per heavy atom. The summed E-state index contributed by atoms with van der Waals surface area (Å²) in [7, 11) is 0. The van der Waals surface area contributed by atoms with Crippen LogP contribution in [-0.2, 0) is 12.8 Å². The minimum atomic E-state index is -0.182. The molecule has 3 aromatic rings. The van der Waals surface area contributed by atoms with E-state index < -0.39 is 0 Å². The van der Waals surface area contributed by atoms with Gasteiger partial charge in [0.15, 0.2) is 5.69 Å². The van der Waals surface area contributed by atoms with Gasteiger partial charge in [0.05, 0.1) is 17.1 Å². The fourth-order valence-electron chi connectivity index (χ4n) is 3.47. The van der Waals surface area contributed by atoms with E-state index in [1.54, 1.807) is 0 Å². The summed E-state index contributed by atoms with van der Waals surface area (Å²) in [6, 6.07) is 7.68. The van der Waals surface area contributed by atoms with Crippen molar-refractivity contribution in [3.05, 3.63) is 47.1 Å². The van der Waals surface area contributed by atoms with E-state index >= 15 is 0 Å². The van der Waals surface area contributed by atoms with Crippen molar-refractivity contribution >= 4 is 16.9 Å². The summed E-state index contributed by atoms with van der Waals surface area (Å²) in [5.74, 6) is 1.46. The Hall–Kier alpha value is -2.63. The molecule has 0 bridgehead atoms. The second kappa shape index (κ2) is 6.70. The number of benzene rings is 1. The number of aromatic nitrogens is 3. The molecule has 2 N–H and O–H groups in total. The Kier molecular flexibility index (Phi) is 4.26. The van der Waals surface area contributed by atoms with Crippen LogP contribution >= 0.6 is 0 Å². The number of fused-ring (bicyclic) bond motifs is 2. The first-order valence-electron chi connectivity index (χ1n) is 8.99. The maximum atomic E-state index is 12.8. The van der Waals surface area contributed by atoms with Crippen LogP contribution in [0.3, 0.4) is 0 Å². The molecular formula is C19H22N4O2. The average Bonchev–Trinajstić information content (AvgIpc) is 3.17. The summed E-state index contributed by atoms with van der Waals surface area (Å²) in [5.41, 5.74) is 3.29. The third-order valence-electron chi connectivity index (χ3n) is 4.87. The smallest absolute Gasteiger partial charge is 0.274 e. The molecule has 2 aromatic heterocycles. The first-order valence-corrected chi connectivity index (χ1v) is 8.99. The number of carbonyl (C=O) groups is 1. The number of imidazole rings is 1. The Morgan fingerprint density at radius 3 is 2.96 bits per heavy atom. The number of para-hydroxylation sites is 2. The monoisotopic (exact) mass is 338 g/mol. The zero-order valence-corrected chi connectivity index (χ0v) is 14.3. The molecule has 1 aliphatic rings. The summed E-state index contributed by atoms with van der Waals surface area (Å²) in [6.07, 6.45) is 5.82. The molecule has 2 heterocycles. The van der Waals surface area contributed by atoms with Crippen molar-refractivity contribution in [2.24, 2.45) is 0 Å². The Morgan fingerprint density at radius 2 is 2.12 bits per heavy atom. The molecule has 130 valence electrons. The van der Waals surface area contributed by atoms with Gasteiger partial charge >= 0.3 is 0 Å². The van der Waals surface area contributed by atoms with E-state index in [9.17, 15) is 4.79 Å². The highest BCUT2D eigenvalue weighted by Crippen LogP contribution is 2.25. The summed E-state index contributed by atoms with van der Waals surface area (Å²) in [5, 5.41) is 7.11. The molecule has 0 saturated heterocycles. The van der Waals surface area contributed by atoms with E-state index in [1.165, 1.54) is 6.42 Å². The highest BCUT2D eigenvalue weighted by atomic mass is 16.5. The second-order valence-corrected chi connectivity index (χ2v) is 6.57. The number of carbonyl (C=O) groups excluding carboxylic acids is 1. The Balaban J connectivity index is 1.57. The molecule has 0 fully saturated rings. The summed E-state index contributed by atoms with van der Waals surface area (Å²) >= 11 is 0. The van der Waals surface area contributed by atoms with Crippen molar-refractivity contribution in [3.63, 3.8) is 0 Å². The van der Waals surface area contributed by atoms with E-state index in [1.807, 2.05) is 31.2 Å². The average molecular weight is 338 g/mol. The third-order valence-corrected chi connectivity index (χ3v) is 4.87. The fourth-order valence-corrected chi connectivity index (χ4v) is 3.47. The van der Waals surface area contributed by atoms with Crippen molar-refractivity contribution in [1.29, 1.82) is 0 Å². The van der Waals surface area contributed by atoms with Crippen molar-refractivity contribution < 1.29 is 9.32 Å². The van der Waals surface area contributed by atoms with Gasteiger partial charge in [0.2, 0.25) is 0 Å². The highest BCUT2D eigenvalue weighted by Gasteiger charge is 2.25. The van der Waals surface area contributed by atoms with Crippen LogP contribution in [0.2, 0.25) is 0 Å². The van der Waals surface area contributed by atoms with Crippen LogP contribution in [0.5, 0.6) is 0 Å². The minimum absolute atomic E-state index is 0.181. The van der Waals surface area contributed by atoms with E-state index in [0.717, 1.165) is 60.3 Å². The Labute approximate surface area is 146 Å². The SMILES string of the molecule is CCC(NC(=O)c1noc2c1CCCCC2)c1nc2ccccc2[nH]1. The maximum absolute atomic E-state index is 12.8. The molecule has 4 rings (SSSR count). The molecule has 1 unspecified atom stereocenters. The van der Waals surface area contributed by atoms with Gasteiger partial charge in [-0.05, 0) is 37.8 Å². The molecule has 0 spiro atoms. The molecular weight excluding hydrogens is 316 g/mol. The van der Waals surface area contributed by atoms with Crippen molar-refractivity contribution in [2.45, 2.75) is 51.5 Å². The van der Waals surface area contributed by atoms with Crippen LogP contribution in [-0.4, -0.2) is 21.0 Å².